The molecular formula is C16H16F3NO. The van der Waals surface area contributed by atoms with Crippen LogP contribution in [0, 0.1) is 0 Å². The lowest BCUT2D eigenvalue weighted by molar-refractivity contribution is -0.136. The van der Waals surface area contributed by atoms with Gasteiger partial charge in [0, 0.05) is 17.5 Å². The molecule has 1 aliphatic carbocycles. The molecule has 0 amide bonds. The number of benzene rings is 1. The van der Waals surface area contributed by atoms with Gasteiger partial charge in [-0.2, -0.15) is 13.2 Å². The van der Waals surface area contributed by atoms with E-state index in [9.17, 15) is 18.0 Å². The first-order valence-electron chi connectivity index (χ1n) is 7.20. The van der Waals surface area contributed by atoms with Crippen LogP contribution in [0.25, 0.3) is 10.9 Å². The highest BCUT2D eigenvalue weighted by Gasteiger charge is 2.34. The minimum absolute atomic E-state index is 0.0124. The Morgan fingerprint density at radius 1 is 1.05 bits per heavy atom. The number of fused-ring (bicyclic) bond motifs is 1. The summed E-state index contributed by atoms with van der Waals surface area (Å²) in [4.78, 5) is 12.3. The largest absolute Gasteiger partial charge is 0.417 e. The Morgan fingerprint density at radius 2 is 1.71 bits per heavy atom. The molecule has 0 aliphatic heterocycles. The molecule has 1 aromatic carbocycles. The lowest BCUT2D eigenvalue weighted by Gasteiger charge is -2.26. The van der Waals surface area contributed by atoms with Crippen LogP contribution < -0.4 is 5.56 Å². The molecule has 0 N–H and O–H groups in total. The van der Waals surface area contributed by atoms with Crippen LogP contribution in [0.3, 0.4) is 0 Å². The fourth-order valence-electron chi connectivity index (χ4n) is 3.25. The van der Waals surface area contributed by atoms with Gasteiger partial charge in [-0.05, 0) is 18.9 Å². The molecule has 0 saturated heterocycles. The van der Waals surface area contributed by atoms with Gasteiger partial charge >= 0.3 is 6.18 Å². The maximum atomic E-state index is 13.1. The third-order valence-electron chi connectivity index (χ3n) is 4.20. The Morgan fingerprint density at radius 3 is 2.38 bits per heavy atom. The molecule has 0 atom stereocenters. The lowest BCUT2D eigenvalue weighted by atomic mass is 9.94. The topological polar surface area (TPSA) is 22.0 Å². The van der Waals surface area contributed by atoms with Crippen LogP contribution in [-0.4, -0.2) is 4.57 Å². The zero-order valence-corrected chi connectivity index (χ0v) is 11.5. The number of hydrogen-bond donors (Lipinski definition) is 0. The van der Waals surface area contributed by atoms with Crippen molar-refractivity contribution in [3.05, 3.63) is 46.2 Å². The first-order valence-corrected chi connectivity index (χ1v) is 7.20. The molecule has 2 nitrogen and oxygen atoms in total. The van der Waals surface area contributed by atoms with Crippen LogP contribution in [0.15, 0.2) is 35.1 Å². The van der Waals surface area contributed by atoms with Crippen molar-refractivity contribution in [2.75, 3.05) is 0 Å². The van der Waals surface area contributed by atoms with E-state index in [1.54, 1.807) is 22.8 Å². The number of alkyl halides is 3. The average molecular weight is 295 g/mol. The van der Waals surface area contributed by atoms with Gasteiger partial charge in [0.2, 0.25) is 0 Å². The molecule has 2 aromatic rings. The number of hydrogen-bond acceptors (Lipinski definition) is 1. The second-order valence-electron chi connectivity index (χ2n) is 5.57. The molecular weight excluding hydrogens is 279 g/mol. The van der Waals surface area contributed by atoms with Gasteiger partial charge in [0.25, 0.3) is 5.56 Å². The Labute approximate surface area is 120 Å². The van der Waals surface area contributed by atoms with Crippen LogP contribution in [0.2, 0.25) is 0 Å². The van der Waals surface area contributed by atoms with E-state index in [2.05, 4.69) is 0 Å². The molecule has 5 heteroatoms. The van der Waals surface area contributed by atoms with Gasteiger partial charge in [0.15, 0.2) is 0 Å². The Hall–Kier alpha value is -1.78. The van der Waals surface area contributed by atoms with Crippen molar-refractivity contribution in [2.45, 2.75) is 44.3 Å². The molecule has 112 valence electrons. The zero-order chi connectivity index (χ0) is 15.0. The summed E-state index contributed by atoms with van der Waals surface area (Å²) in [5, 5.41) is 0.107. The average Bonchev–Trinajstić information content (AvgIpc) is 2.46. The van der Waals surface area contributed by atoms with Crippen LogP contribution in [0.4, 0.5) is 13.2 Å². The summed E-state index contributed by atoms with van der Waals surface area (Å²) in [6.45, 7) is 0. The SMILES string of the molecule is O=c1cc(C(F)(F)F)c2ccccc2n1C1CCCCC1. The maximum Gasteiger partial charge on any atom is 0.417 e. The highest BCUT2D eigenvalue weighted by Crippen LogP contribution is 2.36. The molecule has 1 saturated carbocycles. The van der Waals surface area contributed by atoms with Crippen LogP contribution in [-0.2, 0) is 6.18 Å². The molecule has 1 aromatic heterocycles. The second-order valence-corrected chi connectivity index (χ2v) is 5.57. The Kier molecular flexibility index (Phi) is 3.51. The lowest BCUT2D eigenvalue weighted by Crippen LogP contribution is -2.28. The van der Waals surface area contributed by atoms with Gasteiger partial charge in [0.1, 0.15) is 0 Å². The van der Waals surface area contributed by atoms with Crippen molar-refractivity contribution in [1.29, 1.82) is 0 Å². The molecule has 0 spiro atoms. The number of rotatable bonds is 1. The number of halogens is 3. The summed E-state index contributed by atoms with van der Waals surface area (Å²) in [5.41, 5.74) is -0.993. The van der Waals surface area contributed by atoms with Crippen LogP contribution >= 0.6 is 0 Å². The van der Waals surface area contributed by atoms with E-state index in [0.717, 1.165) is 38.2 Å². The Bertz CT molecular complexity index is 712. The van der Waals surface area contributed by atoms with E-state index in [0.29, 0.717) is 5.52 Å². The standard InChI is InChI=1S/C16H16F3NO/c17-16(18,19)13-10-15(21)20(11-6-2-1-3-7-11)14-9-5-4-8-12(13)14/h4-5,8-11H,1-3,6-7H2. The molecule has 1 fully saturated rings. The summed E-state index contributed by atoms with van der Waals surface area (Å²) in [6, 6.07) is 7.07. The number of nitrogens with zero attached hydrogens (tertiary/aromatic N) is 1. The monoisotopic (exact) mass is 295 g/mol. The van der Waals surface area contributed by atoms with E-state index in [-0.39, 0.29) is 11.4 Å². The summed E-state index contributed by atoms with van der Waals surface area (Å²) < 4.78 is 40.9. The Balaban J connectivity index is 2.27. The predicted molar refractivity (Wildman–Crippen MR) is 75.3 cm³/mol. The van der Waals surface area contributed by atoms with Gasteiger partial charge in [0.05, 0.1) is 11.1 Å². The van der Waals surface area contributed by atoms with Gasteiger partial charge in [-0.15, -0.1) is 0 Å². The molecule has 0 radical (unpaired) electrons. The van der Waals surface area contributed by atoms with Crippen molar-refractivity contribution in [3.8, 4) is 0 Å². The molecule has 3 rings (SSSR count). The van der Waals surface area contributed by atoms with Crippen molar-refractivity contribution < 1.29 is 13.2 Å². The van der Waals surface area contributed by atoms with E-state index >= 15 is 0 Å². The second kappa shape index (κ2) is 5.20. The van der Waals surface area contributed by atoms with Crippen LogP contribution in [0.5, 0.6) is 0 Å². The fraction of sp³-hybridized carbons (Fsp3) is 0.438. The first-order chi connectivity index (χ1) is 9.98. The quantitative estimate of drug-likeness (QED) is 0.758. The van der Waals surface area contributed by atoms with Crippen molar-refractivity contribution in [2.24, 2.45) is 0 Å². The van der Waals surface area contributed by atoms with E-state index in [4.69, 9.17) is 0 Å². The molecule has 1 heterocycles. The molecule has 1 aliphatic rings. The summed E-state index contributed by atoms with van der Waals surface area (Å²) in [5.74, 6) is 0. The highest BCUT2D eigenvalue weighted by atomic mass is 19.4. The third-order valence-corrected chi connectivity index (χ3v) is 4.20. The number of para-hydroxylation sites is 1. The molecule has 21 heavy (non-hydrogen) atoms. The smallest absolute Gasteiger partial charge is 0.305 e. The maximum absolute atomic E-state index is 13.1. The summed E-state index contributed by atoms with van der Waals surface area (Å²) in [6.07, 6.45) is 0.373. The van der Waals surface area contributed by atoms with Crippen LogP contribution in [0.1, 0.15) is 43.7 Å². The van der Waals surface area contributed by atoms with Crippen molar-refractivity contribution in [3.63, 3.8) is 0 Å². The first kappa shape index (κ1) is 14.2. The summed E-state index contributed by atoms with van der Waals surface area (Å²) in [7, 11) is 0. The highest BCUT2D eigenvalue weighted by molar-refractivity contribution is 5.83. The van der Waals surface area contributed by atoms with E-state index in [1.807, 2.05) is 0 Å². The third kappa shape index (κ3) is 2.57. The number of pyridine rings is 1. The van der Waals surface area contributed by atoms with Crippen molar-refractivity contribution >= 4 is 10.9 Å². The van der Waals surface area contributed by atoms with Gasteiger partial charge in [-0.3, -0.25) is 4.79 Å². The minimum atomic E-state index is -4.51. The molecule has 0 bridgehead atoms. The predicted octanol–water partition coefficient (Wildman–Crippen LogP) is 4.53. The minimum Gasteiger partial charge on any atom is -0.305 e. The molecule has 0 unspecified atom stereocenters. The number of aromatic nitrogens is 1. The normalized spacial score (nSPS) is 17.3. The van der Waals surface area contributed by atoms with Gasteiger partial charge in [-0.25, -0.2) is 0 Å². The van der Waals surface area contributed by atoms with E-state index in [1.165, 1.54) is 6.07 Å². The van der Waals surface area contributed by atoms with Gasteiger partial charge < -0.3 is 4.57 Å². The zero-order valence-electron chi connectivity index (χ0n) is 11.5. The fourth-order valence-corrected chi connectivity index (χ4v) is 3.25. The van der Waals surface area contributed by atoms with Crippen molar-refractivity contribution in [1.82, 2.24) is 4.57 Å². The van der Waals surface area contributed by atoms with E-state index < -0.39 is 17.3 Å². The summed E-state index contributed by atoms with van der Waals surface area (Å²) >= 11 is 0. The van der Waals surface area contributed by atoms with Gasteiger partial charge in [-0.1, -0.05) is 37.5 Å².